The molecule has 3 heteroatoms. The molecule has 2 rings (SSSR count). The molecule has 0 aliphatic carbocycles. The maximum absolute atomic E-state index is 12.5. The summed E-state index contributed by atoms with van der Waals surface area (Å²) in [6, 6.07) is 17.2. The average molecular weight is 280 g/mol. The maximum atomic E-state index is 12.5. The first-order valence-corrected chi connectivity index (χ1v) is 7.13. The second kappa shape index (κ2) is 6.84. The van der Waals surface area contributed by atoms with Crippen molar-refractivity contribution in [1.82, 2.24) is 0 Å². The van der Waals surface area contributed by atoms with Crippen LogP contribution < -0.4 is 5.32 Å². The molecule has 2 N–H and O–H groups in total. The smallest absolute Gasteiger partial charge is 0.231 e. The molecule has 3 nitrogen and oxygen atoms in total. The van der Waals surface area contributed by atoms with Crippen LogP contribution in [0.25, 0.3) is 0 Å². The van der Waals surface area contributed by atoms with Crippen LogP contribution in [0, 0.1) is 5.41 Å². The third-order valence-corrected chi connectivity index (χ3v) is 3.52. The molecule has 0 saturated carbocycles. The first kappa shape index (κ1) is 15.0. The molecule has 1 atom stereocenters. The van der Waals surface area contributed by atoms with Crippen molar-refractivity contribution in [2.45, 2.75) is 26.2 Å². The van der Waals surface area contributed by atoms with Gasteiger partial charge in [0.2, 0.25) is 5.91 Å². The van der Waals surface area contributed by atoms with E-state index in [0.29, 0.717) is 11.4 Å². The zero-order valence-electron chi connectivity index (χ0n) is 12.4. The molecule has 0 aliphatic heterocycles. The summed E-state index contributed by atoms with van der Waals surface area (Å²) in [4.78, 5) is 12.5. The van der Waals surface area contributed by atoms with Gasteiger partial charge in [-0.05, 0) is 25.0 Å². The summed E-state index contributed by atoms with van der Waals surface area (Å²) in [5.74, 6) is -0.206. The summed E-state index contributed by atoms with van der Waals surface area (Å²) < 4.78 is 0. The Labute approximate surface area is 125 Å². The molecule has 0 radical (unpaired) electrons. The molecule has 0 fully saturated rings. The van der Waals surface area contributed by atoms with E-state index in [1.54, 1.807) is 6.92 Å². The minimum absolute atomic E-state index is 0.0302. The maximum Gasteiger partial charge on any atom is 0.231 e. The highest BCUT2D eigenvalue weighted by molar-refractivity contribution is 6.06. The third-order valence-electron chi connectivity index (χ3n) is 3.52. The Morgan fingerprint density at radius 2 is 1.71 bits per heavy atom. The van der Waals surface area contributed by atoms with E-state index in [1.165, 1.54) is 0 Å². The molecule has 0 bridgehead atoms. The lowest BCUT2D eigenvalue weighted by molar-refractivity contribution is -0.117. The Balaban J connectivity index is 2.23. The largest absolute Gasteiger partial charge is 0.325 e. The number of carbonyl (C=O) groups excluding carboxylic acids is 1. The molecule has 1 amide bonds. The van der Waals surface area contributed by atoms with Crippen molar-refractivity contribution in [2.24, 2.45) is 0 Å². The van der Waals surface area contributed by atoms with Gasteiger partial charge in [-0.15, -0.1) is 0 Å². The van der Waals surface area contributed by atoms with Gasteiger partial charge in [0.05, 0.1) is 5.92 Å². The van der Waals surface area contributed by atoms with Crippen LogP contribution >= 0.6 is 0 Å². The van der Waals surface area contributed by atoms with Crippen LogP contribution in [0.2, 0.25) is 0 Å². The van der Waals surface area contributed by atoms with Crippen LogP contribution in [-0.4, -0.2) is 11.6 Å². The number of carbonyl (C=O) groups is 1. The van der Waals surface area contributed by atoms with Crippen LogP contribution in [0.3, 0.4) is 0 Å². The normalized spacial score (nSPS) is 11.7. The van der Waals surface area contributed by atoms with Gasteiger partial charge >= 0.3 is 0 Å². The molecular weight excluding hydrogens is 260 g/mol. The topological polar surface area (TPSA) is 53.0 Å². The van der Waals surface area contributed by atoms with Gasteiger partial charge < -0.3 is 10.7 Å². The Bertz CT molecular complexity index is 635. The highest BCUT2D eigenvalue weighted by atomic mass is 16.1. The molecule has 1 unspecified atom stereocenters. The molecule has 2 aromatic carbocycles. The molecule has 0 aromatic heterocycles. The van der Waals surface area contributed by atoms with Crippen molar-refractivity contribution in [3.63, 3.8) is 0 Å². The monoisotopic (exact) mass is 280 g/mol. The minimum Gasteiger partial charge on any atom is -0.325 e. The summed E-state index contributed by atoms with van der Waals surface area (Å²) in [5, 5.41) is 10.7. The first-order chi connectivity index (χ1) is 10.1. The van der Waals surface area contributed by atoms with Gasteiger partial charge in [0.1, 0.15) is 0 Å². The van der Waals surface area contributed by atoms with E-state index >= 15 is 0 Å². The van der Waals surface area contributed by atoms with E-state index < -0.39 is 0 Å². The van der Waals surface area contributed by atoms with E-state index in [1.807, 2.05) is 61.5 Å². The van der Waals surface area contributed by atoms with Gasteiger partial charge in [-0.3, -0.25) is 4.79 Å². The van der Waals surface area contributed by atoms with Crippen molar-refractivity contribution in [2.75, 3.05) is 5.32 Å². The highest BCUT2D eigenvalue weighted by Crippen LogP contribution is 2.23. The molecular formula is C18H20N2O. The second-order valence-electron chi connectivity index (χ2n) is 5.03. The Kier molecular flexibility index (Phi) is 4.88. The number of benzene rings is 2. The van der Waals surface area contributed by atoms with Crippen LogP contribution in [-0.2, 0) is 4.79 Å². The van der Waals surface area contributed by atoms with Crippen molar-refractivity contribution < 1.29 is 4.79 Å². The molecule has 0 saturated heterocycles. The summed E-state index contributed by atoms with van der Waals surface area (Å²) in [7, 11) is 0. The number of hydrogen-bond donors (Lipinski definition) is 2. The van der Waals surface area contributed by atoms with Crippen molar-refractivity contribution in [1.29, 1.82) is 5.41 Å². The van der Waals surface area contributed by atoms with Crippen LogP contribution in [0.1, 0.15) is 37.3 Å². The predicted octanol–water partition coefficient (Wildman–Crippen LogP) is 4.21. The Hall–Kier alpha value is -2.42. The van der Waals surface area contributed by atoms with Crippen molar-refractivity contribution in [3.05, 3.63) is 65.7 Å². The summed E-state index contributed by atoms with van der Waals surface area (Å²) in [6.07, 6.45) is 0.738. The third kappa shape index (κ3) is 3.57. The molecule has 0 aliphatic rings. The quantitative estimate of drug-likeness (QED) is 0.792. The fourth-order valence-corrected chi connectivity index (χ4v) is 2.40. The summed E-state index contributed by atoms with van der Waals surface area (Å²) in [5.41, 5.74) is 2.92. The summed E-state index contributed by atoms with van der Waals surface area (Å²) in [6.45, 7) is 3.73. The number of nitrogens with one attached hydrogen (secondary N) is 2. The second-order valence-corrected chi connectivity index (χ2v) is 5.03. The standard InChI is InChI=1S/C18H20N2O/c1-3-15(14-9-5-4-6-10-14)18(21)20-17-12-8-7-11-16(17)13(2)19/h4-12,15,19H,3H2,1-2H3,(H,20,21). The van der Waals surface area contributed by atoms with Gasteiger partial charge in [0, 0.05) is 17.0 Å². The van der Waals surface area contributed by atoms with Gasteiger partial charge in [-0.1, -0.05) is 55.5 Å². The van der Waals surface area contributed by atoms with Crippen molar-refractivity contribution >= 4 is 17.3 Å². The Morgan fingerprint density at radius 3 is 2.33 bits per heavy atom. The van der Waals surface area contributed by atoms with E-state index in [9.17, 15) is 4.79 Å². The zero-order chi connectivity index (χ0) is 15.2. The van der Waals surface area contributed by atoms with Crippen LogP contribution in [0.15, 0.2) is 54.6 Å². The Morgan fingerprint density at radius 1 is 1.10 bits per heavy atom. The zero-order valence-corrected chi connectivity index (χ0v) is 12.4. The van der Waals surface area contributed by atoms with Crippen LogP contribution in [0.4, 0.5) is 5.69 Å². The highest BCUT2D eigenvalue weighted by Gasteiger charge is 2.19. The number of rotatable bonds is 5. The SMILES string of the molecule is CCC(C(=O)Nc1ccccc1C(C)=N)c1ccccc1. The molecule has 0 heterocycles. The number of anilines is 1. The van der Waals surface area contributed by atoms with E-state index in [0.717, 1.165) is 17.5 Å². The fourth-order valence-electron chi connectivity index (χ4n) is 2.40. The lowest BCUT2D eigenvalue weighted by Crippen LogP contribution is -2.21. The first-order valence-electron chi connectivity index (χ1n) is 7.13. The number of hydrogen-bond acceptors (Lipinski definition) is 2. The van der Waals surface area contributed by atoms with E-state index in [4.69, 9.17) is 5.41 Å². The summed E-state index contributed by atoms with van der Waals surface area (Å²) >= 11 is 0. The van der Waals surface area contributed by atoms with Crippen molar-refractivity contribution in [3.8, 4) is 0 Å². The molecule has 2 aromatic rings. The molecule has 21 heavy (non-hydrogen) atoms. The lowest BCUT2D eigenvalue weighted by Gasteiger charge is -2.17. The molecule has 0 spiro atoms. The average Bonchev–Trinajstić information content (AvgIpc) is 2.49. The van der Waals surface area contributed by atoms with Gasteiger partial charge in [-0.25, -0.2) is 0 Å². The minimum atomic E-state index is -0.176. The predicted molar refractivity (Wildman–Crippen MR) is 87.0 cm³/mol. The van der Waals surface area contributed by atoms with E-state index in [-0.39, 0.29) is 11.8 Å². The van der Waals surface area contributed by atoms with Gasteiger partial charge in [-0.2, -0.15) is 0 Å². The fraction of sp³-hybridized carbons (Fsp3) is 0.222. The van der Waals surface area contributed by atoms with E-state index in [2.05, 4.69) is 5.32 Å². The number of para-hydroxylation sites is 1. The van der Waals surface area contributed by atoms with Crippen LogP contribution in [0.5, 0.6) is 0 Å². The van der Waals surface area contributed by atoms with Gasteiger partial charge in [0.25, 0.3) is 0 Å². The van der Waals surface area contributed by atoms with Gasteiger partial charge in [0.15, 0.2) is 0 Å². The number of amides is 1. The molecule has 108 valence electrons. The lowest BCUT2D eigenvalue weighted by atomic mass is 9.95.